The number of nitrogens with zero attached hydrogens (tertiary/aromatic N) is 1. The molecule has 2 atom stereocenters. The van der Waals surface area contributed by atoms with Crippen LogP contribution in [0.2, 0.25) is 0 Å². The summed E-state index contributed by atoms with van der Waals surface area (Å²) in [7, 11) is 0. The van der Waals surface area contributed by atoms with Crippen molar-refractivity contribution in [2.45, 2.75) is 59.2 Å². The molecule has 0 aliphatic rings. The van der Waals surface area contributed by atoms with E-state index in [0.29, 0.717) is 0 Å². The van der Waals surface area contributed by atoms with Gasteiger partial charge in [-0.15, -0.1) is 0 Å². The van der Waals surface area contributed by atoms with Gasteiger partial charge in [0.1, 0.15) is 11.9 Å². The zero-order valence-electron chi connectivity index (χ0n) is 17.0. The fourth-order valence-corrected chi connectivity index (χ4v) is 2.82. The third kappa shape index (κ3) is 6.19. The van der Waals surface area contributed by atoms with Crippen molar-refractivity contribution in [1.29, 1.82) is 0 Å². The predicted molar refractivity (Wildman–Crippen MR) is 109 cm³/mol. The summed E-state index contributed by atoms with van der Waals surface area (Å²) < 4.78 is 13.2. The van der Waals surface area contributed by atoms with Gasteiger partial charge in [-0.1, -0.05) is 48.9 Å². The molecule has 0 aliphatic heterocycles. The normalized spacial score (nSPS) is 12.9. The molecular formula is C23H29FN2O2. The van der Waals surface area contributed by atoms with Crippen molar-refractivity contribution in [2.24, 2.45) is 0 Å². The van der Waals surface area contributed by atoms with E-state index in [1.54, 1.807) is 24.0 Å². The molecule has 0 aliphatic carbocycles. The number of aryl methyl sites for hydroxylation is 1. The third-order valence-corrected chi connectivity index (χ3v) is 4.91. The van der Waals surface area contributed by atoms with Gasteiger partial charge in [-0.3, -0.25) is 9.59 Å². The lowest BCUT2D eigenvalue weighted by molar-refractivity contribution is -0.140. The third-order valence-electron chi connectivity index (χ3n) is 4.91. The fraction of sp³-hybridized carbons (Fsp3) is 0.391. The smallest absolute Gasteiger partial charge is 0.242 e. The SMILES string of the molecule is CC[C@@H](C)NC(=O)[C@H](C)N(Cc1ccc(F)cc1)C(=O)Cc1ccc(C)cc1. The summed E-state index contributed by atoms with van der Waals surface area (Å²) in [6.07, 6.45) is 1.02. The minimum atomic E-state index is -0.628. The van der Waals surface area contributed by atoms with Gasteiger partial charge in [-0.2, -0.15) is 0 Å². The summed E-state index contributed by atoms with van der Waals surface area (Å²) in [4.78, 5) is 27.2. The Morgan fingerprint density at radius 2 is 1.57 bits per heavy atom. The first kappa shape index (κ1) is 21.6. The Labute approximate surface area is 166 Å². The highest BCUT2D eigenvalue weighted by molar-refractivity contribution is 5.88. The molecule has 2 aromatic rings. The molecule has 0 saturated carbocycles. The number of rotatable bonds is 8. The molecule has 2 aromatic carbocycles. The molecule has 0 saturated heterocycles. The van der Waals surface area contributed by atoms with Crippen LogP contribution in [0.3, 0.4) is 0 Å². The van der Waals surface area contributed by atoms with Crippen LogP contribution in [0, 0.1) is 12.7 Å². The number of amides is 2. The maximum absolute atomic E-state index is 13.2. The van der Waals surface area contributed by atoms with E-state index in [0.717, 1.165) is 23.1 Å². The molecule has 0 spiro atoms. The molecule has 1 N–H and O–H groups in total. The van der Waals surface area contributed by atoms with Gasteiger partial charge in [0.15, 0.2) is 0 Å². The maximum Gasteiger partial charge on any atom is 0.242 e. The molecule has 5 heteroatoms. The monoisotopic (exact) mass is 384 g/mol. The van der Waals surface area contributed by atoms with Crippen molar-refractivity contribution in [3.63, 3.8) is 0 Å². The molecular weight excluding hydrogens is 355 g/mol. The Morgan fingerprint density at radius 1 is 1.00 bits per heavy atom. The second kappa shape index (κ2) is 10.0. The molecule has 2 rings (SSSR count). The van der Waals surface area contributed by atoms with Crippen LogP contribution in [0.15, 0.2) is 48.5 Å². The predicted octanol–water partition coefficient (Wildman–Crippen LogP) is 4.01. The largest absolute Gasteiger partial charge is 0.352 e. The molecule has 4 nitrogen and oxygen atoms in total. The fourth-order valence-electron chi connectivity index (χ4n) is 2.82. The lowest BCUT2D eigenvalue weighted by Crippen LogP contribution is -2.49. The maximum atomic E-state index is 13.2. The van der Waals surface area contributed by atoms with Gasteiger partial charge in [-0.05, 0) is 50.5 Å². The van der Waals surface area contributed by atoms with Crippen LogP contribution in [0.25, 0.3) is 0 Å². The van der Waals surface area contributed by atoms with E-state index in [-0.39, 0.29) is 36.6 Å². The van der Waals surface area contributed by atoms with Crippen molar-refractivity contribution >= 4 is 11.8 Å². The lowest BCUT2D eigenvalue weighted by atomic mass is 10.1. The zero-order chi connectivity index (χ0) is 20.7. The van der Waals surface area contributed by atoms with Crippen molar-refractivity contribution in [3.8, 4) is 0 Å². The molecule has 150 valence electrons. The van der Waals surface area contributed by atoms with Gasteiger partial charge >= 0.3 is 0 Å². The standard InChI is InChI=1S/C23H29FN2O2/c1-5-17(3)25-23(28)18(4)26(15-20-10-12-21(24)13-11-20)22(27)14-19-8-6-16(2)7-9-19/h6-13,17-18H,5,14-15H2,1-4H3,(H,25,28)/t17-,18+/m1/s1. The van der Waals surface area contributed by atoms with Crippen LogP contribution in [0.4, 0.5) is 4.39 Å². The summed E-state index contributed by atoms with van der Waals surface area (Å²) in [5, 5.41) is 2.94. The van der Waals surface area contributed by atoms with Crippen LogP contribution < -0.4 is 5.32 Å². The summed E-state index contributed by atoms with van der Waals surface area (Å²) >= 11 is 0. The molecule has 0 heterocycles. The first-order valence-electron chi connectivity index (χ1n) is 9.70. The van der Waals surface area contributed by atoms with E-state index in [4.69, 9.17) is 0 Å². The highest BCUT2D eigenvalue weighted by Gasteiger charge is 2.26. The molecule has 0 bridgehead atoms. The van der Waals surface area contributed by atoms with Gasteiger partial charge in [-0.25, -0.2) is 4.39 Å². The Kier molecular flexibility index (Phi) is 7.73. The van der Waals surface area contributed by atoms with Crippen molar-refractivity contribution in [2.75, 3.05) is 0 Å². The van der Waals surface area contributed by atoms with Crippen LogP contribution in [-0.4, -0.2) is 28.8 Å². The van der Waals surface area contributed by atoms with Crippen LogP contribution in [0.5, 0.6) is 0 Å². The molecule has 0 unspecified atom stereocenters. The van der Waals surface area contributed by atoms with E-state index in [1.165, 1.54) is 12.1 Å². The number of nitrogens with one attached hydrogen (secondary N) is 1. The Balaban J connectivity index is 2.20. The van der Waals surface area contributed by atoms with Crippen LogP contribution >= 0.6 is 0 Å². The molecule has 2 amide bonds. The van der Waals surface area contributed by atoms with Gasteiger partial charge in [0.05, 0.1) is 6.42 Å². The number of benzene rings is 2. The lowest BCUT2D eigenvalue weighted by Gasteiger charge is -2.30. The van der Waals surface area contributed by atoms with E-state index in [1.807, 2.05) is 45.0 Å². The molecule has 0 aromatic heterocycles. The highest BCUT2D eigenvalue weighted by Crippen LogP contribution is 2.14. The second-order valence-corrected chi connectivity index (χ2v) is 7.30. The zero-order valence-corrected chi connectivity index (χ0v) is 17.0. The topological polar surface area (TPSA) is 49.4 Å². The summed E-state index contributed by atoms with van der Waals surface area (Å²) in [5.41, 5.74) is 2.80. The quantitative estimate of drug-likeness (QED) is 0.748. The molecule has 28 heavy (non-hydrogen) atoms. The average Bonchev–Trinajstić information content (AvgIpc) is 2.68. The van der Waals surface area contributed by atoms with E-state index in [2.05, 4.69) is 5.32 Å². The molecule has 0 fully saturated rings. The van der Waals surface area contributed by atoms with Gasteiger partial charge in [0.25, 0.3) is 0 Å². The van der Waals surface area contributed by atoms with Gasteiger partial charge in [0, 0.05) is 12.6 Å². The number of halogens is 1. The first-order valence-corrected chi connectivity index (χ1v) is 9.70. The minimum Gasteiger partial charge on any atom is -0.352 e. The average molecular weight is 384 g/mol. The summed E-state index contributed by atoms with van der Waals surface area (Å²) in [6.45, 7) is 7.90. The van der Waals surface area contributed by atoms with Crippen molar-refractivity contribution in [3.05, 3.63) is 71.0 Å². The van der Waals surface area contributed by atoms with Crippen LogP contribution in [-0.2, 0) is 22.6 Å². The first-order chi connectivity index (χ1) is 13.3. The van der Waals surface area contributed by atoms with E-state index in [9.17, 15) is 14.0 Å². The number of carbonyl (C=O) groups is 2. The number of hydrogen-bond acceptors (Lipinski definition) is 2. The van der Waals surface area contributed by atoms with Gasteiger partial charge in [0.2, 0.25) is 11.8 Å². The van der Waals surface area contributed by atoms with E-state index < -0.39 is 6.04 Å². The van der Waals surface area contributed by atoms with Crippen molar-refractivity contribution in [1.82, 2.24) is 10.2 Å². The minimum absolute atomic E-state index is 0.0369. The van der Waals surface area contributed by atoms with Crippen LogP contribution in [0.1, 0.15) is 43.9 Å². The Hall–Kier alpha value is -2.69. The summed E-state index contributed by atoms with van der Waals surface area (Å²) in [5.74, 6) is -0.655. The summed E-state index contributed by atoms with van der Waals surface area (Å²) in [6, 6.07) is 13.2. The van der Waals surface area contributed by atoms with E-state index >= 15 is 0 Å². The number of hydrogen-bond donors (Lipinski definition) is 1. The highest BCUT2D eigenvalue weighted by atomic mass is 19.1. The number of carbonyl (C=O) groups excluding carboxylic acids is 2. The van der Waals surface area contributed by atoms with Crippen molar-refractivity contribution < 1.29 is 14.0 Å². The van der Waals surface area contributed by atoms with Gasteiger partial charge < -0.3 is 10.2 Å². The Bertz CT molecular complexity index is 787. The molecule has 0 radical (unpaired) electrons. The second-order valence-electron chi connectivity index (χ2n) is 7.30. The Morgan fingerprint density at radius 3 is 2.14 bits per heavy atom.